The first-order valence-corrected chi connectivity index (χ1v) is 9.54. The van der Waals surface area contributed by atoms with E-state index in [1.807, 2.05) is 30.3 Å². The van der Waals surface area contributed by atoms with Crippen molar-refractivity contribution in [2.75, 3.05) is 6.54 Å². The molecule has 4 nitrogen and oxygen atoms in total. The average Bonchev–Trinajstić information content (AvgIpc) is 2.51. The van der Waals surface area contributed by atoms with E-state index in [-0.39, 0.29) is 11.0 Å². The van der Waals surface area contributed by atoms with Crippen molar-refractivity contribution >= 4 is 26.0 Å². The molecule has 1 N–H and O–H groups in total. The molecule has 2 aromatic carbocycles. The van der Waals surface area contributed by atoms with Crippen molar-refractivity contribution < 1.29 is 26.3 Å². The van der Waals surface area contributed by atoms with E-state index >= 15 is 0 Å². The second-order valence-electron chi connectivity index (χ2n) is 5.13. The van der Waals surface area contributed by atoms with E-state index in [4.69, 9.17) is 0 Å². The number of alkyl halides is 3. The van der Waals surface area contributed by atoms with Gasteiger partial charge in [-0.2, -0.15) is 0 Å². The first-order valence-electron chi connectivity index (χ1n) is 7.26. The SMILES string of the molecule is O=S(=O)(NCCCc1ccccc1)c1ccc(Br)cc1OC(F)(F)F. The summed E-state index contributed by atoms with van der Waals surface area (Å²) in [5.74, 6) is -0.780. The number of ether oxygens (including phenoxy) is 1. The maximum atomic E-state index is 12.5. The minimum Gasteiger partial charge on any atom is -0.404 e. The number of sulfonamides is 1. The molecule has 0 unspecified atom stereocenters. The lowest BCUT2D eigenvalue weighted by molar-refractivity contribution is -0.275. The van der Waals surface area contributed by atoms with Gasteiger partial charge in [-0.05, 0) is 36.6 Å². The van der Waals surface area contributed by atoms with Crippen LogP contribution in [0, 0.1) is 0 Å². The lowest BCUT2D eigenvalue weighted by Gasteiger charge is -2.14. The van der Waals surface area contributed by atoms with Crippen LogP contribution in [-0.2, 0) is 16.4 Å². The van der Waals surface area contributed by atoms with Gasteiger partial charge < -0.3 is 4.74 Å². The van der Waals surface area contributed by atoms with Gasteiger partial charge in [-0.1, -0.05) is 46.3 Å². The third-order valence-electron chi connectivity index (χ3n) is 3.20. The first-order chi connectivity index (χ1) is 11.7. The second-order valence-corrected chi connectivity index (χ2v) is 7.78. The van der Waals surface area contributed by atoms with Gasteiger partial charge in [0.1, 0.15) is 4.90 Å². The lowest BCUT2D eigenvalue weighted by Crippen LogP contribution is -2.27. The fourth-order valence-electron chi connectivity index (χ4n) is 2.13. The van der Waals surface area contributed by atoms with E-state index in [9.17, 15) is 21.6 Å². The number of benzene rings is 2. The molecule has 0 saturated carbocycles. The number of rotatable bonds is 7. The van der Waals surface area contributed by atoms with E-state index in [2.05, 4.69) is 25.4 Å². The molecule has 2 aromatic rings. The summed E-state index contributed by atoms with van der Waals surface area (Å²) < 4.78 is 68.4. The highest BCUT2D eigenvalue weighted by atomic mass is 79.9. The van der Waals surface area contributed by atoms with Crippen molar-refractivity contribution in [3.8, 4) is 5.75 Å². The van der Waals surface area contributed by atoms with Crippen molar-refractivity contribution in [2.45, 2.75) is 24.1 Å². The van der Waals surface area contributed by atoms with Crippen LogP contribution in [0.3, 0.4) is 0 Å². The van der Waals surface area contributed by atoms with Gasteiger partial charge in [0.15, 0.2) is 5.75 Å². The van der Waals surface area contributed by atoms with Gasteiger partial charge in [0.2, 0.25) is 10.0 Å². The zero-order chi connectivity index (χ0) is 18.5. The van der Waals surface area contributed by atoms with E-state index in [1.165, 1.54) is 6.07 Å². The predicted octanol–water partition coefficient (Wildman–Crippen LogP) is 4.26. The quantitative estimate of drug-likeness (QED) is 0.658. The highest BCUT2D eigenvalue weighted by Crippen LogP contribution is 2.32. The molecule has 0 aliphatic carbocycles. The van der Waals surface area contributed by atoms with Crippen molar-refractivity contribution in [2.24, 2.45) is 0 Å². The van der Waals surface area contributed by atoms with Crippen LogP contribution in [0.25, 0.3) is 0 Å². The van der Waals surface area contributed by atoms with Gasteiger partial charge in [0, 0.05) is 11.0 Å². The van der Waals surface area contributed by atoms with Crippen molar-refractivity contribution in [3.63, 3.8) is 0 Å². The summed E-state index contributed by atoms with van der Waals surface area (Å²) in [5.41, 5.74) is 1.05. The van der Waals surface area contributed by atoms with Gasteiger partial charge in [0.25, 0.3) is 0 Å². The predicted molar refractivity (Wildman–Crippen MR) is 90.8 cm³/mol. The Morgan fingerprint density at radius 1 is 1.08 bits per heavy atom. The molecular weight excluding hydrogens is 423 g/mol. The third kappa shape index (κ3) is 6.33. The molecule has 0 atom stereocenters. The van der Waals surface area contributed by atoms with Crippen LogP contribution in [0.5, 0.6) is 5.75 Å². The first kappa shape index (κ1) is 19.7. The van der Waals surface area contributed by atoms with E-state index in [0.717, 1.165) is 17.7 Å². The molecule has 0 aliphatic rings. The Morgan fingerprint density at radius 2 is 1.76 bits per heavy atom. The Hall–Kier alpha value is -1.58. The Bertz CT molecular complexity index is 811. The lowest BCUT2D eigenvalue weighted by atomic mass is 10.1. The Morgan fingerprint density at radius 3 is 2.40 bits per heavy atom. The maximum Gasteiger partial charge on any atom is 0.573 e. The van der Waals surface area contributed by atoms with E-state index in [0.29, 0.717) is 12.8 Å². The number of hydrogen-bond acceptors (Lipinski definition) is 3. The zero-order valence-corrected chi connectivity index (χ0v) is 15.3. The summed E-state index contributed by atoms with van der Waals surface area (Å²) in [6, 6.07) is 12.8. The Labute approximate surface area is 152 Å². The molecule has 0 saturated heterocycles. The van der Waals surface area contributed by atoms with Crippen molar-refractivity contribution in [3.05, 3.63) is 58.6 Å². The smallest absolute Gasteiger partial charge is 0.404 e. The Balaban J connectivity index is 2.06. The van der Waals surface area contributed by atoms with Gasteiger partial charge in [-0.25, -0.2) is 13.1 Å². The molecule has 0 spiro atoms. The topological polar surface area (TPSA) is 55.4 Å². The minimum atomic E-state index is -4.99. The Kier molecular flexibility index (Phi) is 6.47. The largest absolute Gasteiger partial charge is 0.573 e. The fourth-order valence-corrected chi connectivity index (χ4v) is 3.65. The highest BCUT2D eigenvalue weighted by Gasteiger charge is 2.34. The van der Waals surface area contributed by atoms with Crippen molar-refractivity contribution in [1.82, 2.24) is 4.72 Å². The number of aryl methyl sites for hydroxylation is 1. The molecule has 0 aromatic heterocycles. The normalized spacial score (nSPS) is 12.2. The number of nitrogens with one attached hydrogen (secondary N) is 1. The molecule has 2 rings (SSSR count). The summed E-state index contributed by atoms with van der Waals surface area (Å²) in [6.07, 6.45) is -3.83. The molecule has 0 aliphatic heterocycles. The molecular formula is C16H15BrF3NO3S. The van der Waals surface area contributed by atoms with Crippen LogP contribution >= 0.6 is 15.9 Å². The summed E-state index contributed by atoms with van der Waals surface area (Å²) in [7, 11) is -4.13. The van der Waals surface area contributed by atoms with Crippen LogP contribution < -0.4 is 9.46 Å². The molecule has 0 radical (unpaired) electrons. The zero-order valence-electron chi connectivity index (χ0n) is 12.9. The van der Waals surface area contributed by atoms with E-state index in [1.54, 1.807) is 0 Å². The van der Waals surface area contributed by atoms with Crippen LogP contribution in [0.4, 0.5) is 13.2 Å². The molecule has 0 amide bonds. The summed E-state index contributed by atoms with van der Waals surface area (Å²) in [4.78, 5) is -0.562. The van der Waals surface area contributed by atoms with Crippen LogP contribution in [0.15, 0.2) is 57.9 Å². The molecule has 0 fully saturated rings. The number of hydrogen-bond donors (Lipinski definition) is 1. The van der Waals surface area contributed by atoms with Crippen LogP contribution in [0.2, 0.25) is 0 Å². The summed E-state index contributed by atoms with van der Waals surface area (Å²) in [6.45, 7) is 0.0960. The summed E-state index contributed by atoms with van der Waals surface area (Å²) >= 11 is 3.00. The molecule has 25 heavy (non-hydrogen) atoms. The molecule has 0 bridgehead atoms. The maximum absolute atomic E-state index is 12.5. The van der Waals surface area contributed by atoms with Crippen LogP contribution in [-0.4, -0.2) is 21.3 Å². The van der Waals surface area contributed by atoms with E-state index < -0.39 is 27.0 Å². The second kappa shape index (κ2) is 8.20. The number of halogens is 4. The molecule has 136 valence electrons. The van der Waals surface area contributed by atoms with Crippen LogP contribution in [0.1, 0.15) is 12.0 Å². The van der Waals surface area contributed by atoms with Gasteiger partial charge >= 0.3 is 6.36 Å². The standard InChI is InChI=1S/C16H15BrF3NO3S/c17-13-8-9-15(14(11-13)24-16(18,19)20)25(22,23)21-10-4-7-12-5-2-1-3-6-12/h1-3,5-6,8-9,11,21H,4,7,10H2. The third-order valence-corrected chi connectivity index (χ3v) is 5.19. The molecule has 0 heterocycles. The monoisotopic (exact) mass is 437 g/mol. The highest BCUT2D eigenvalue weighted by molar-refractivity contribution is 9.10. The molecule has 9 heteroatoms. The van der Waals surface area contributed by atoms with Gasteiger partial charge in [0.05, 0.1) is 0 Å². The minimum absolute atomic E-state index is 0.0960. The van der Waals surface area contributed by atoms with Gasteiger partial charge in [-0.3, -0.25) is 0 Å². The fraction of sp³-hybridized carbons (Fsp3) is 0.250. The average molecular weight is 438 g/mol. The summed E-state index contributed by atoms with van der Waals surface area (Å²) in [5, 5.41) is 0. The van der Waals surface area contributed by atoms with Gasteiger partial charge in [-0.15, -0.1) is 13.2 Å². The van der Waals surface area contributed by atoms with Crippen molar-refractivity contribution in [1.29, 1.82) is 0 Å².